The van der Waals surface area contributed by atoms with Gasteiger partial charge in [0.2, 0.25) is 0 Å². The Labute approximate surface area is 69.1 Å². The average molecular weight is 157 g/mol. The highest BCUT2D eigenvalue weighted by Crippen LogP contribution is 2.41. The molecule has 1 atom stereocenters. The van der Waals surface area contributed by atoms with Crippen LogP contribution < -0.4 is 5.73 Å². The molecule has 0 unspecified atom stereocenters. The molecule has 0 aromatic rings. The normalized spacial score (nSPS) is 23.7. The molecule has 0 radical (unpaired) electrons. The van der Waals surface area contributed by atoms with Crippen molar-refractivity contribution >= 4 is 0 Å². The largest absolute Gasteiger partial charge is 0.371 e. The fourth-order valence-corrected chi connectivity index (χ4v) is 1.54. The molecule has 2 heteroatoms. The molecule has 1 aliphatic rings. The van der Waals surface area contributed by atoms with Crippen molar-refractivity contribution in [2.45, 2.75) is 45.3 Å². The molecule has 11 heavy (non-hydrogen) atoms. The van der Waals surface area contributed by atoms with Crippen LogP contribution in [0.3, 0.4) is 0 Å². The van der Waals surface area contributed by atoms with E-state index in [2.05, 4.69) is 20.8 Å². The molecule has 0 aromatic carbocycles. The van der Waals surface area contributed by atoms with E-state index in [9.17, 15) is 0 Å². The molecule has 0 aliphatic heterocycles. The standard InChI is InChI=1S/C9H19NO/c1-7(2)11-9(3,6-10)8-4-5-8/h7-8H,4-6,10H2,1-3H3/t9-/m0/s1. The van der Waals surface area contributed by atoms with Gasteiger partial charge in [0.05, 0.1) is 11.7 Å². The molecule has 1 fully saturated rings. The summed E-state index contributed by atoms with van der Waals surface area (Å²) in [5, 5.41) is 0. The van der Waals surface area contributed by atoms with E-state index < -0.39 is 0 Å². The van der Waals surface area contributed by atoms with Crippen molar-refractivity contribution < 1.29 is 4.74 Å². The van der Waals surface area contributed by atoms with Crippen LogP contribution in [0.5, 0.6) is 0 Å². The van der Waals surface area contributed by atoms with Crippen LogP contribution in [0.1, 0.15) is 33.6 Å². The highest BCUT2D eigenvalue weighted by molar-refractivity contribution is 4.93. The lowest BCUT2D eigenvalue weighted by molar-refractivity contribution is -0.0759. The van der Waals surface area contributed by atoms with Crippen LogP contribution in [-0.4, -0.2) is 18.2 Å². The minimum Gasteiger partial charge on any atom is -0.371 e. The van der Waals surface area contributed by atoms with Crippen LogP contribution in [-0.2, 0) is 4.74 Å². The molecule has 0 heterocycles. The molecule has 0 saturated heterocycles. The van der Waals surface area contributed by atoms with Gasteiger partial charge in [0, 0.05) is 6.54 Å². The topological polar surface area (TPSA) is 35.2 Å². The van der Waals surface area contributed by atoms with Crippen molar-refractivity contribution in [2.24, 2.45) is 11.7 Å². The average Bonchev–Trinajstić information content (AvgIpc) is 2.66. The van der Waals surface area contributed by atoms with Crippen LogP contribution in [0.2, 0.25) is 0 Å². The molecule has 0 bridgehead atoms. The smallest absolute Gasteiger partial charge is 0.0807 e. The molecule has 0 amide bonds. The van der Waals surface area contributed by atoms with Gasteiger partial charge in [0.15, 0.2) is 0 Å². The minimum atomic E-state index is -0.0475. The second kappa shape index (κ2) is 3.11. The van der Waals surface area contributed by atoms with Gasteiger partial charge in [-0.3, -0.25) is 0 Å². The van der Waals surface area contributed by atoms with E-state index >= 15 is 0 Å². The predicted molar refractivity (Wildman–Crippen MR) is 46.4 cm³/mol. The van der Waals surface area contributed by atoms with E-state index in [1.54, 1.807) is 0 Å². The summed E-state index contributed by atoms with van der Waals surface area (Å²) >= 11 is 0. The summed E-state index contributed by atoms with van der Waals surface area (Å²) in [5.41, 5.74) is 5.62. The first-order chi connectivity index (χ1) is 5.08. The van der Waals surface area contributed by atoms with Gasteiger partial charge in [-0.2, -0.15) is 0 Å². The lowest BCUT2D eigenvalue weighted by Crippen LogP contribution is -2.41. The van der Waals surface area contributed by atoms with Crippen molar-refractivity contribution in [1.29, 1.82) is 0 Å². The van der Waals surface area contributed by atoms with Crippen LogP contribution in [0.15, 0.2) is 0 Å². The van der Waals surface area contributed by atoms with Gasteiger partial charge in [0.1, 0.15) is 0 Å². The molecular weight excluding hydrogens is 138 g/mol. The second-order valence-corrected chi connectivity index (χ2v) is 3.96. The van der Waals surface area contributed by atoms with Crippen LogP contribution in [0.4, 0.5) is 0 Å². The highest BCUT2D eigenvalue weighted by Gasteiger charge is 2.41. The molecule has 66 valence electrons. The summed E-state index contributed by atoms with van der Waals surface area (Å²) in [6, 6.07) is 0. The molecule has 1 saturated carbocycles. The van der Waals surface area contributed by atoms with Crippen LogP contribution in [0.25, 0.3) is 0 Å². The maximum Gasteiger partial charge on any atom is 0.0807 e. The Bertz CT molecular complexity index is 132. The third kappa shape index (κ3) is 2.17. The fraction of sp³-hybridized carbons (Fsp3) is 1.00. The monoisotopic (exact) mass is 157 g/mol. The van der Waals surface area contributed by atoms with E-state index in [4.69, 9.17) is 10.5 Å². The van der Waals surface area contributed by atoms with Gasteiger partial charge in [-0.1, -0.05) is 0 Å². The molecule has 0 aromatic heterocycles. The first kappa shape index (κ1) is 9.01. The van der Waals surface area contributed by atoms with Gasteiger partial charge < -0.3 is 10.5 Å². The Balaban J connectivity index is 2.44. The summed E-state index contributed by atoms with van der Waals surface area (Å²) < 4.78 is 5.79. The summed E-state index contributed by atoms with van der Waals surface area (Å²) in [6.07, 6.45) is 2.88. The van der Waals surface area contributed by atoms with Crippen LogP contribution >= 0.6 is 0 Å². The van der Waals surface area contributed by atoms with Gasteiger partial charge in [-0.15, -0.1) is 0 Å². The number of rotatable bonds is 4. The first-order valence-electron chi connectivity index (χ1n) is 4.46. The summed E-state index contributed by atoms with van der Waals surface area (Å²) in [5.74, 6) is 0.717. The first-order valence-corrected chi connectivity index (χ1v) is 4.46. The molecule has 0 spiro atoms. The van der Waals surface area contributed by atoms with E-state index in [-0.39, 0.29) is 5.60 Å². The lowest BCUT2D eigenvalue weighted by atomic mass is 10.0. The second-order valence-electron chi connectivity index (χ2n) is 3.96. The number of hydrogen-bond donors (Lipinski definition) is 1. The summed E-state index contributed by atoms with van der Waals surface area (Å²) in [7, 11) is 0. The predicted octanol–water partition coefficient (Wildman–Crippen LogP) is 1.54. The van der Waals surface area contributed by atoms with Crippen LogP contribution in [0, 0.1) is 5.92 Å². The Morgan fingerprint density at radius 1 is 1.55 bits per heavy atom. The zero-order valence-corrected chi connectivity index (χ0v) is 7.76. The number of ether oxygens (including phenoxy) is 1. The maximum absolute atomic E-state index is 5.79. The minimum absolute atomic E-state index is 0.0475. The Hall–Kier alpha value is -0.0800. The van der Waals surface area contributed by atoms with E-state index in [0.29, 0.717) is 12.6 Å². The number of hydrogen-bond acceptors (Lipinski definition) is 2. The summed E-state index contributed by atoms with van der Waals surface area (Å²) in [4.78, 5) is 0. The molecule has 2 nitrogen and oxygen atoms in total. The van der Waals surface area contributed by atoms with E-state index in [1.807, 2.05) is 0 Å². The molecule has 1 aliphatic carbocycles. The molecular formula is C9H19NO. The van der Waals surface area contributed by atoms with E-state index in [1.165, 1.54) is 12.8 Å². The lowest BCUT2D eigenvalue weighted by Gasteiger charge is -2.30. The number of nitrogens with two attached hydrogens (primary N) is 1. The van der Waals surface area contributed by atoms with Crippen molar-refractivity contribution in [3.63, 3.8) is 0 Å². The van der Waals surface area contributed by atoms with E-state index in [0.717, 1.165) is 5.92 Å². The Morgan fingerprint density at radius 3 is 2.36 bits per heavy atom. The fourth-order valence-electron chi connectivity index (χ4n) is 1.54. The van der Waals surface area contributed by atoms with Crippen molar-refractivity contribution in [2.75, 3.05) is 6.54 Å². The molecule has 2 N–H and O–H groups in total. The SMILES string of the molecule is CC(C)O[C@@](C)(CN)C1CC1. The zero-order valence-electron chi connectivity index (χ0n) is 7.76. The Morgan fingerprint density at radius 2 is 2.09 bits per heavy atom. The van der Waals surface area contributed by atoms with Crippen molar-refractivity contribution in [3.05, 3.63) is 0 Å². The van der Waals surface area contributed by atoms with Gasteiger partial charge in [0.25, 0.3) is 0 Å². The Kier molecular flexibility index (Phi) is 2.55. The van der Waals surface area contributed by atoms with Gasteiger partial charge >= 0.3 is 0 Å². The quantitative estimate of drug-likeness (QED) is 0.672. The zero-order chi connectivity index (χ0) is 8.48. The third-order valence-electron chi connectivity index (χ3n) is 2.35. The van der Waals surface area contributed by atoms with Crippen molar-refractivity contribution in [3.8, 4) is 0 Å². The van der Waals surface area contributed by atoms with Crippen molar-refractivity contribution in [1.82, 2.24) is 0 Å². The maximum atomic E-state index is 5.79. The van der Waals surface area contributed by atoms with Gasteiger partial charge in [-0.25, -0.2) is 0 Å². The highest BCUT2D eigenvalue weighted by atomic mass is 16.5. The summed E-state index contributed by atoms with van der Waals surface area (Å²) in [6.45, 7) is 6.91. The third-order valence-corrected chi connectivity index (χ3v) is 2.35. The van der Waals surface area contributed by atoms with Gasteiger partial charge in [-0.05, 0) is 39.5 Å². The molecule has 1 rings (SSSR count).